The average Bonchev–Trinajstić information content (AvgIpc) is 3.86. The number of para-hydroxylation sites is 3. The van der Waals surface area contributed by atoms with Crippen LogP contribution in [0.4, 0.5) is 0 Å². The Labute approximate surface area is 329 Å². The number of hydrogen-bond acceptors (Lipinski definition) is 2. The third kappa shape index (κ3) is 4.55. The van der Waals surface area contributed by atoms with Gasteiger partial charge in [0.2, 0.25) is 5.95 Å². The number of aromatic nitrogens is 4. The predicted octanol–water partition coefficient (Wildman–Crippen LogP) is 13.5. The maximum absolute atomic E-state index is 5.59. The van der Waals surface area contributed by atoms with Gasteiger partial charge in [-0.05, 0) is 76.0 Å². The fourth-order valence-corrected chi connectivity index (χ4v) is 9.68. The zero-order valence-electron chi connectivity index (χ0n) is 31.6. The van der Waals surface area contributed by atoms with Crippen LogP contribution >= 0.6 is 0 Å². The molecule has 57 heavy (non-hydrogen) atoms. The highest BCUT2D eigenvalue weighted by Crippen LogP contribution is 2.53. The molecule has 12 rings (SSSR count). The van der Waals surface area contributed by atoms with E-state index in [1.807, 2.05) is 0 Å². The van der Waals surface area contributed by atoms with Gasteiger partial charge >= 0.3 is 0 Å². The van der Waals surface area contributed by atoms with Crippen molar-refractivity contribution < 1.29 is 0 Å². The zero-order valence-corrected chi connectivity index (χ0v) is 31.6. The molecule has 0 unspecified atom stereocenters. The van der Waals surface area contributed by atoms with Crippen molar-refractivity contribution in [2.75, 3.05) is 0 Å². The minimum Gasteiger partial charge on any atom is -0.309 e. The minimum absolute atomic E-state index is 0.289. The van der Waals surface area contributed by atoms with Crippen LogP contribution in [0.5, 0.6) is 0 Å². The van der Waals surface area contributed by atoms with Gasteiger partial charge in [0.1, 0.15) is 0 Å². The molecule has 4 heteroatoms. The first-order valence-electron chi connectivity index (χ1n) is 19.7. The number of benzene rings is 8. The molecule has 3 aromatic heterocycles. The van der Waals surface area contributed by atoms with Gasteiger partial charge in [0.05, 0.1) is 33.5 Å². The van der Waals surface area contributed by atoms with Crippen molar-refractivity contribution in [1.82, 2.24) is 19.1 Å². The van der Waals surface area contributed by atoms with Crippen LogP contribution in [-0.2, 0) is 5.41 Å². The zero-order chi connectivity index (χ0) is 37.8. The molecule has 0 spiro atoms. The molecule has 0 saturated heterocycles. The van der Waals surface area contributed by atoms with E-state index in [2.05, 4.69) is 205 Å². The van der Waals surface area contributed by atoms with E-state index in [0.717, 1.165) is 33.7 Å². The van der Waals surface area contributed by atoms with E-state index < -0.39 is 0 Å². The minimum atomic E-state index is -0.289. The lowest BCUT2D eigenvalue weighted by Gasteiger charge is -2.24. The number of hydrogen-bond donors (Lipinski definition) is 0. The summed E-state index contributed by atoms with van der Waals surface area (Å²) < 4.78 is 4.64. The van der Waals surface area contributed by atoms with E-state index >= 15 is 0 Å². The molecule has 0 bridgehead atoms. The molecular weight excluding hydrogens is 693 g/mol. The lowest BCUT2D eigenvalue weighted by atomic mass is 9.80. The largest absolute Gasteiger partial charge is 0.309 e. The highest BCUT2D eigenvalue weighted by Gasteiger charge is 2.41. The standard InChI is InChI=1S/C53H36N4/c1-53(2)43-28-25-33-15-9-10-20-38(33)48(43)51-49(53)50(34-16-5-3-6-17-34)54-52(55-51)57-45-24-14-12-22-40(45)42-32-36(27-30-47(42)57)35-26-29-46-41(31-35)39-21-11-13-23-44(39)56(46)37-18-7-4-8-19-37/h3-32H,1-2H3. The van der Waals surface area contributed by atoms with Gasteiger partial charge in [-0.25, -0.2) is 9.97 Å². The van der Waals surface area contributed by atoms with E-state index in [1.54, 1.807) is 0 Å². The molecule has 0 aliphatic heterocycles. The molecule has 11 aromatic rings. The summed E-state index contributed by atoms with van der Waals surface area (Å²) in [6.07, 6.45) is 0. The molecule has 0 atom stereocenters. The van der Waals surface area contributed by atoms with E-state index in [-0.39, 0.29) is 5.41 Å². The Bertz CT molecular complexity index is 3420. The number of rotatable bonds is 4. The van der Waals surface area contributed by atoms with Crippen LogP contribution in [0, 0.1) is 0 Å². The van der Waals surface area contributed by atoms with Crippen molar-refractivity contribution in [2.45, 2.75) is 19.3 Å². The van der Waals surface area contributed by atoms with Crippen LogP contribution in [0.2, 0.25) is 0 Å². The van der Waals surface area contributed by atoms with Crippen molar-refractivity contribution in [2.24, 2.45) is 0 Å². The highest BCUT2D eigenvalue weighted by atomic mass is 15.2. The van der Waals surface area contributed by atoms with Gasteiger partial charge in [0.15, 0.2) is 0 Å². The molecule has 0 radical (unpaired) electrons. The van der Waals surface area contributed by atoms with Crippen molar-refractivity contribution in [3.8, 4) is 45.3 Å². The lowest BCUT2D eigenvalue weighted by Crippen LogP contribution is -2.18. The lowest BCUT2D eigenvalue weighted by molar-refractivity contribution is 0.657. The Morgan fingerprint density at radius 3 is 1.61 bits per heavy atom. The Balaban J connectivity index is 1.09. The summed E-state index contributed by atoms with van der Waals surface area (Å²) >= 11 is 0. The molecule has 8 aromatic carbocycles. The predicted molar refractivity (Wildman–Crippen MR) is 237 cm³/mol. The molecule has 0 amide bonds. The molecule has 1 aliphatic rings. The summed E-state index contributed by atoms with van der Waals surface area (Å²) in [6.45, 7) is 4.64. The Morgan fingerprint density at radius 2 is 0.930 bits per heavy atom. The molecule has 268 valence electrons. The van der Waals surface area contributed by atoms with Crippen molar-refractivity contribution in [3.05, 3.63) is 193 Å². The second-order valence-corrected chi connectivity index (χ2v) is 15.8. The van der Waals surface area contributed by atoms with Gasteiger partial charge in [-0.15, -0.1) is 0 Å². The molecular formula is C53H36N4. The molecule has 4 nitrogen and oxygen atoms in total. The van der Waals surface area contributed by atoms with Crippen LogP contribution in [0.3, 0.4) is 0 Å². The second-order valence-electron chi connectivity index (χ2n) is 15.8. The first-order valence-corrected chi connectivity index (χ1v) is 19.7. The van der Waals surface area contributed by atoms with E-state index in [0.29, 0.717) is 5.95 Å². The van der Waals surface area contributed by atoms with Crippen LogP contribution in [0.1, 0.15) is 25.0 Å². The number of fused-ring (bicyclic) bond motifs is 11. The SMILES string of the molecule is CC1(C)c2ccc3ccccc3c2-c2nc(-n3c4ccccc4c4cc(-c5ccc6c(c5)c5ccccc5n6-c5ccccc5)ccc43)nc(-c3ccccc3)c21. The smallest absolute Gasteiger partial charge is 0.235 e. The van der Waals surface area contributed by atoms with Gasteiger partial charge in [-0.2, -0.15) is 0 Å². The van der Waals surface area contributed by atoms with E-state index in [9.17, 15) is 0 Å². The summed E-state index contributed by atoms with van der Waals surface area (Å²) in [7, 11) is 0. The Hall–Kier alpha value is -7.30. The van der Waals surface area contributed by atoms with Gasteiger partial charge in [-0.1, -0.05) is 147 Å². The topological polar surface area (TPSA) is 35.6 Å². The first-order chi connectivity index (χ1) is 28.0. The maximum atomic E-state index is 5.59. The number of nitrogens with zero attached hydrogens (tertiary/aromatic N) is 4. The summed E-state index contributed by atoms with van der Waals surface area (Å²) in [4.78, 5) is 11.1. The second kappa shape index (κ2) is 11.8. The van der Waals surface area contributed by atoms with Gasteiger partial charge < -0.3 is 4.57 Å². The first kappa shape index (κ1) is 32.0. The third-order valence-electron chi connectivity index (χ3n) is 12.3. The quantitative estimate of drug-likeness (QED) is 0.181. The Kier molecular flexibility index (Phi) is 6.65. The molecule has 1 aliphatic carbocycles. The maximum Gasteiger partial charge on any atom is 0.235 e. The third-order valence-corrected chi connectivity index (χ3v) is 12.3. The van der Waals surface area contributed by atoms with Crippen molar-refractivity contribution in [3.63, 3.8) is 0 Å². The normalized spacial score (nSPS) is 13.2. The molecule has 0 N–H and O–H groups in total. The van der Waals surface area contributed by atoms with Crippen LogP contribution < -0.4 is 0 Å². The van der Waals surface area contributed by atoms with Crippen molar-refractivity contribution in [1.29, 1.82) is 0 Å². The summed E-state index contributed by atoms with van der Waals surface area (Å²) in [5.74, 6) is 0.679. The van der Waals surface area contributed by atoms with Gasteiger partial charge in [0.25, 0.3) is 0 Å². The van der Waals surface area contributed by atoms with Crippen LogP contribution in [-0.4, -0.2) is 19.1 Å². The fourth-order valence-electron chi connectivity index (χ4n) is 9.68. The monoisotopic (exact) mass is 728 g/mol. The molecule has 3 heterocycles. The Morgan fingerprint density at radius 1 is 0.404 bits per heavy atom. The van der Waals surface area contributed by atoms with Gasteiger partial charge in [-0.3, -0.25) is 4.57 Å². The summed E-state index contributed by atoms with van der Waals surface area (Å²) in [5, 5.41) is 7.27. The van der Waals surface area contributed by atoms with E-state index in [4.69, 9.17) is 9.97 Å². The summed E-state index contributed by atoms with van der Waals surface area (Å²) in [6, 6.07) is 65.7. The highest BCUT2D eigenvalue weighted by molar-refractivity contribution is 6.13. The van der Waals surface area contributed by atoms with Crippen molar-refractivity contribution >= 4 is 54.4 Å². The van der Waals surface area contributed by atoms with Gasteiger partial charge in [0, 0.05) is 49.3 Å². The molecule has 0 saturated carbocycles. The average molecular weight is 729 g/mol. The van der Waals surface area contributed by atoms with Crippen LogP contribution in [0.15, 0.2) is 182 Å². The van der Waals surface area contributed by atoms with Crippen LogP contribution in [0.25, 0.3) is 99.7 Å². The fraction of sp³-hybridized carbons (Fsp3) is 0.0566. The summed E-state index contributed by atoms with van der Waals surface area (Å²) in [5.41, 5.74) is 14.6. The van der Waals surface area contributed by atoms with E-state index in [1.165, 1.54) is 71.2 Å². The molecule has 0 fully saturated rings.